The largest absolute Gasteiger partial charge is 0.343 e. The molecule has 0 fully saturated rings. The Hall–Kier alpha value is -3.55. The van der Waals surface area contributed by atoms with Gasteiger partial charge < -0.3 is 9.84 Å². The fraction of sp³-hybridized carbons (Fsp3) is 0.167. The SMILES string of the molecule is Cc1cccc(-c2noc(CNC(=O)c3ccc([N+](=O)[O-])c(C)c3)n2)c1. The van der Waals surface area contributed by atoms with Gasteiger partial charge in [-0.05, 0) is 32.0 Å². The third-order valence-electron chi connectivity index (χ3n) is 3.80. The summed E-state index contributed by atoms with van der Waals surface area (Å²) in [4.78, 5) is 26.8. The number of nitrogens with zero attached hydrogens (tertiary/aromatic N) is 3. The first kappa shape index (κ1) is 17.3. The summed E-state index contributed by atoms with van der Waals surface area (Å²) in [6.45, 7) is 3.62. The normalized spacial score (nSPS) is 10.5. The third kappa shape index (κ3) is 3.75. The standard InChI is InChI=1S/C18H16N4O4/c1-11-4-3-5-13(8-11)17-20-16(26-21-17)10-19-18(23)14-6-7-15(22(24)25)12(2)9-14/h3-9H,10H2,1-2H3,(H,19,23). The van der Waals surface area contributed by atoms with Gasteiger partial charge in [-0.1, -0.05) is 28.9 Å². The van der Waals surface area contributed by atoms with Gasteiger partial charge in [0, 0.05) is 22.8 Å². The van der Waals surface area contributed by atoms with Gasteiger partial charge in [0.15, 0.2) is 0 Å². The van der Waals surface area contributed by atoms with Crippen molar-refractivity contribution in [1.29, 1.82) is 0 Å². The van der Waals surface area contributed by atoms with Crippen molar-refractivity contribution in [3.63, 3.8) is 0 Å². The van der Waals surface area contributed by atoms with Crippen LogP contribution in [0.25, 0.3) is 11.4 Å². The summed E-state index contributed by atoms with van der Waals surface area (Å²) in [6.07, 6.45) is 0. The molecule has 0 radical (unpaired) electrons. The Morgan fingerprint density at radius 1 is 1.23 bits per heavy atom. The summed E-state index contributed by atoms with van der Waals surface area (Å²) in [5.74, 6) is 0.343. The first-order chi connectivity index (χ1) is 12.4. The number of carbonyl (C=O) groups is 1. The summed E-state index contributed by atoms with van der Waals surface area (Å²) in [6, 6.07) is 11.9. The molecule has 1 aromatic heterocycles. The van der Waals surface area contributed by atoms with Crippen LogP contribution in [0.3, 0.4) is 0 Å². The minimum Gasteiger partial charge on any atom is -0.343 e. The summed E-state index contributed by atoms with van der Waals surface area (Å²) in [5, 5.41) is 17.4. The van der Waals surface area contributed by atoms with E-state index in [0.717, 1.165) is 11.1 Å². The fourth-order valence-electron chi connectivity index (χ4n) is 2.49. The van der Waals surface area contributed by atoms with E-state index >= 15 is 0 Å². The monoisotopic (exact) mass is 352 g/mol. The van der Waals surface area contributed by atoms with Gasteiger partial charge in [-0.3, -0.25) is 14.9 Å². The van der Waals surface area contributed by atoms with E-state index in [1.54, 1.807) is 6.92 Å². The molecule has 0 aliphatic carbocycles. The quantitative estimate of drug-likeness (QED) is 0.557. The third-order valence-corrected chi connectivity index (χ3v) is 3.80. The highest BCUT2D eigenvalue weighted by atomic mass is 16.6. The maximum atomic E-state index is 12.2. The molecule has 132 valence electrons. The smallest absolute Gasteiger partial charge is 0.272 e. The second-order valence-corrected chi connectivity index (χ2v) is 5.82. The lowest BCUT2D eigenvalue weighted by Gasteiger charge is -2.04. The summed E-state index contributed by atoms with van der Waals surface area (Å²) >= 11 is 0. The van der Waals surface area contributed by atoms with Gasteiger partial charge in [0.2, 0.25) is 11.7 Å². The lowest BCUT2D eigenvalue weighted by molar-refractivity contribution is -0.385. The first-order valence-corrected chi connectivity index (χ1v) is 7.87. The Balaban J connectivity index is 1.67. The molecule has 0 spiro atoms. The van der Waals surface area contributed by atoms with Crippen LogP contribution in [0.5, 0.6) is 0 Å². The van der Waals surface area contributed by atoms with Gasteiger partial charge >= 0.3 is 0 Å². The number of rotatable bonds is 5. The van der Waals surface area contributed by atoms with Crippen LogP contribution in [0, 0.1) is 24.0 Å². The highest BCUT2D eigenvalue weighted by Gasteiger charge is 2.15. The van der Waals surface area contributed by atoms with Crippen LogP contribution in [0.4, 0.5) is 5.69 Å². The van der Waals surface area contributed by atoms with E-state index in [2.05, 4.69) is 15.5 Å². The van der Waals surface area contributed by atoms with Crippen molar-refractivity contribution in [3.8, 4) is 11.4 Å². The zero-order valence-electron chi connectivity index (χ0n) is 14.2. The van der Waals surface area contributed by atoms with Crippen LogP contribution in [0.15, 0.2) is 47.0 Å². The van der Waals surface area contributed by atoms with Crippen molar-refractivity contribution >= 4 is 11.6 Å². The van der Waals surface area contributed by atoms with Crippen LogP contribution in [0.2, 0.25) is 0 Å². The minimum atomic E-state index is -0.484. The molecule has 2 aromatic carbocycles. The van der Waals surface area contributed by atoms with E-state index in [1.807, 2.05) is 31.2 Å². The predicted octanol–water partition coefficient (Wildman–Crippen LogP) is 3.19. The van der Waals surface area contributed by atoms with Gasteiger partial charge in [-0.15, -0.1) is 0 Å². The number of aromatic nitrogens is 2. The molecule has 26 heavy (non-hydrogen) atoms. The molecule has 0 unspecified atom stereocenters. The van der Waals surface area contributed by atoms with Crippen molar-refractivity contribution in [2.75, 3.05) is 0 Å². The molecule has 1 heterocycles. The fourth-order valence-corrected chi connectivity index (χ4v) is 2.49. The molecule has 1 amide bonds. The van der Waals surface area contributed by atoms with Gasteiger partial charge in [-0.25, -0.2) is 0 Å². The van der Waals surface area contributed by atoms with E-state index in [1.165, 1.54) is 18.2 Å². The van der Waals surface area contributed by atoms with Crippen LogP contribution in [-0.2, 0) is 6.54 Å². The molecule has 1 N–H and O–H groups in total. The number of hydrogen-bond acceptors (Lipinski definition) is 6. The number of aryl methyl sites for hydroxylation is 2. The molecule has 0 aliphatic heterocycles. The van der Waals surface area contributed by atoms with Crippen LogP contribution in [-0.4, -0.2) is 21.0 Å². The Labute approximate surface area is 149 Å². The van der Waals surface area contributed by atoms with E-state index in [9.17, 15) is 14.9 Å². The molecule has 8 nitrogen and oxygen atoms in total. The number of hydrogen-bond donors (Lipinski definition) is 1. The predicted molar refractivity (Wildman–Crippen MR) is 93.5 cm³/mol. The summed E-state index contributed by atoms with van der Waals surface area (Å²) in [7, 11) is 0. The van der Waals surface area contributed by atoms with Crippen LogP contribution >= 0.6 is 0 Å². The molecule has 0 aliphatic rings. The van der Waals surface area contributed by atoms with Crippen molar-refractivity contribution < 1.29 is 14.2 Å². The van der Waals surface area contributed by atoms with E-state index in [-0.39, 0.29) is 24.0 Å². The van der Waals surface area contributed by atoms with Crippen molar-refractivity contribution in [2.45, 2.75) is 20.4 Å². The van der Waals surface area contributed by atoms with Crippen molar-refractivity contribution in [3.05, 3.63) is 75.2 Å². The Bertz CT molecular complexity index is 981. The topological polar surface area (TPSA) is 111 Å². The summed E-state index contributed by atoms with van der Waals surface area (Å²) in [5.41, 5.74) is 2.63. The number of carbonyl (C=O) groups excluding carboxylic acids is 1. The van der Waals surface area contributed by atoms with Crippen molar-refractivity contribution in [2.24, 2.45) is 0 Å². The highest BCUT2D eigenvalue weighted by molar-refractivity contribution is 5.94. The molecule has 0 atom stereocenters. The van der Waals surface area contributed by atoms with Gasteiger partial charge in [-0.2, -0.15) is 4.98 Å². The highest BCUT2D eigenvalue weighted by Crippen LogP contribution is 2.19. The Kier molecular flexibility index (Phi) is 4.74. The molecular formula is C18H16N4O4. The van der Waals surface area contributed by atoms with Crippen LogP contribution < -0.4 is 5.32 Å². The van der Waals surface area contributed by atoms with E-state index in [0.29, 0.717) is 17.0 Å². The average molecular weight is 352 g/mol. The molecule has 0 saturated heterocycles. The Morgan fingerprint density at radius 2 is 2.04 bits per heavy atom. The number of nitro benzene ring substituents is 1. The molecule has 0 bridgehead atoms. The maximum absolute atomic E-state index is 12.2. The zero-order valence-corrected chi connectivity index (χ0v) is 14.2. The molecule has 3 aromatic rings. The van der Waals surface area contributed by atoms with E-state index in [4.69, 9.17) is 4.52 Å². The molecule has 3 rings (SSSR count). The van der Waals surface area contributed by atoms with Crippen LogP contribution in [0.1, 0.15) is 27.4 Å². The minimum absolute atomic E-state index is 0.0266. The second-order valence-electron chi connectivity index (χ2n) is 5.82. The van der Waals surface area contributed by atoms with Gasteiger partial charge in [0.05, 0.1) is 11.5 Å². The van der Waals surface area contributed by atoms with E-state index < -0.39 is 4.92 Å². The number of benzene rings is 2. The molecule has 8 heteroatoms. The lowest BCUT2D eigenvalue weighted by Crippen LogP contribution is -2.23. The lowest BCUT2D eigenvalue weighted by atomic mass is 10.1. The zero-order chi connectivity index (χ0) is 18.7. The Morgan fingerprint density at radius 3 is 2.73 bits per heavy atom. The second kappa shape index (κ2) is 7.14. The average Bonchev–Trinajstić information content (AvgIpc) is 3.08. The maximum Gasteiger partial charge on any atom is 0.272 e. The molecular weight excluding hydrogens is 336 g/mol. The number of nitrogens with one attached hydrogen (secondary N) is 1. The molecule has 0 saturated carbocycles. The van der Waals surface area contributed by atoms with Gasteiger partial charge in [0.1, 0.15) is 0 Å². The van der Waals surface area contributed by atoms with Gasteiger partial charge in [0.25, 0.3) is 11.6 Å². The summed E-state index contributed by atoms with van der Waals surface area (Å²) < 4.78 is 5.15. The number of amides is 1. The first-order valence-electron chi connectivity index (χ1n) is 7.87. The number of nitro groups is 1. The van der Waals surface area contributed by atoms with Crippen molar-refractivity contribution in [1.82, 2.24) is 15.5 Å².